The van der Waals surface area contributed by atoms with Crippen LogP contribution in [0, 0.1) is 17.0 Å². The van der Waals surface area contributed by atoms with Crippen molar-refractivity contribution in [1.82, 2.24) is 15.0 Å². The molecule has 0 aliphatic rings. The van der Waals surface area contributed by atoms with Crippen LogP contribution in [0.5, 0.6) is 0 Å². The number of carbonyl (C=O) groups excluding carboxylic acids is 1. The third-order valence-electron chi connectivity index (χ3n) is 3.50. The van der Waals surface area contributed by atoms with Crippen molar-refractivity contribution >= 4 is 33.2 Å². The molecule has 0 aliphatic heterocycles. The van der Waals surface area contributed by atoms with E-state index in [0.717, 1.165) is 4.47 Å². The van der Waals surface area contributed by atoms with Crippen molar-refractivity contribution in [2.24, 2.45) is 0 Å². The first-order chi connectivity index (χ1) is 12.0. The minimum Gasteiger partial charge on any atom is -0.321 e. The highest BCUT2D eigenvalue weighted by molar-refractivity contribution is 9.10. The van der Waals surface area contributed by atoms with Gasteiger partial charge in [-0.1, -0.05) is 27.2 Å². The van der Waals surface area contributed by atoms with Crippen molar-refractivity contribution in [2.45, 2.75) is 6.92 Å². The number of halogens is 1. The molecule has 1 N–H and O–H groups in total. The van der Waals surface area contributed by atoms with Crippen LogP contribution in [-0.4, -0.2) is 25.8 Å². The van der Waals surface area contributed by atoms with E-state index in [1.54, 1.807) is 31.2 Å². The summed E-state index contributed by atoms with van der Waals surface area (Å²) in [5, 5.41) is 21.5. The van der Waals surface area contributed by atoms with E-state index >= 15 is 0 Å². The number of nitro benzene ring substituents is 1. The number of nitro groups is 1. The van der Waals surface area contributed by atoms with Crippen molar-refractivity contribution in [3.63, 3.8) is 0 Å². The molecule has 9 heteroatoms. The predicted octanol–water partition coefficient (Wildman–Crippen LogP) is 3.50. The van der Waals surface area contributed by atoms with Crippen LogP contribution in [0.3, 0.4) is 0 Å². The van der Waals surface area contributed by atoms with Crippen LogP contribution in [0.25, 0.3) is 5.69 Å². The third-order valence-corrected chi connectivity index (χ3v) is 4.03. The summed E-state index contributed by atoms with van der Waals surface area (Å²) in [7, 11) is 0. The lowest BCUT2D eigenvalue weighted by Crippen LogP contribution is -2.14. The van der Waals surface area contributed by atoms with Gasteiger partial charge in [-0.25, -0.2) is 4.68 Å². The molecule has 0 unspecified atom stereocenters. The predicted molar refractivity (Wildman–Crippen MR) is 94.8 cm³/mol. The zero-order valence-electron chi connectivity index (χ0n) is 13.0. The zero-order valence-corrected chi connectivity index (χ0v) is 14.6. The summed E-state index contributed by atoms with van der Waals surface area (Å²) in [6.45, 7) is 1.68. The molecule has 2 aromatic carbocycles. The minimum atomic E-state index is -0.489. The van der Waals surface area contributed by atoms with Gasteiger partial charge < -0.3 is 5.32 Å². The second kappa shape index (κ2) is 6.81. The lowest BCUT2D eigenvalue weighted by molar-refractivity contribution is -0.384. The molecular formula is C16H12BrN5O3. The van der Waals surface area contributed by atoms with Crippen LogP contribution >= 0.6 is 15.9 Å². The normalized spacial score (nSPS) is 10.5. The van der Waals surface area contributed by atoms with Gasteiger partial charge in [0.15, 0.2) is 5.69 Å². The Balaban J connectivity index is 1.88. The van der Waals surface area contributed by atoms with Crippen LogP contribution < -0.4 is 5.32 Å². The fourth-order valence-corrected chi connectivity index (χ4v) is 2.51. The van der Waals surface area contributed by atoms with Crippen molar-refractivity contribution in [3.8, 4) is 5.69 Å². The molecule has 8 nitrogen and oxygen atoms in total. The molecule has 0 saturated heterocycles. The van der Waals surface area contributed by atoms with Crippen molar-refractivity contribution in [3.05, 3.63) is 74.5 Å². The van der Waals surface area contributed by atoms with E-state index in [1.807, 2.05) is 12.1 Å². The number of nitrogens with one attached hydrogen (secondary N) is 1. The highest BCUT2D eigenvalue weighted by atomic mass is 79.9. The number of hydrogen-bond donors (Lipinski definition) is 1. The van der Waals surface area contributed by atoms with Crippen LogP contribution in [0.15, 0.2) is 53.0 Å². The van der Waals surface area contributed by atoms with Crippen LogP contribution in [0.1, 0.15) is 16.2 Å². The third kappa shape index (κ3) is 3.56. The zero-order chi connectivity index (χ0) is 18.0. The molecule has 1 aromatic heterocycles. The fourth-order valence-electron chi connectivity index (χ4n) is 2.25. The Kier molecular flexibility index (Phi) is 4.57. The molecule has 0 atom stereocenters. The summed E-state index contributed by atoms with van der Waals surface area (Å²) in [6, 6.07) is 13.1. The highest BCUT2D eigenvalue weighted by Gasteiger charge is 2.18. The number of anilines is 1. The fraction of sp³-hybridized carbons (Fsp3) is 0.0625. The number of amides is 1. The molecule has 1 amide bonds. The Bertz CT molecular complexity index is 953. The van der Waals surface area contributed by atoms with Crippen LogP contribution in [0.2, 0.25) is 0 Å². The highest BCUT2D eigenvalue weighted by Crippen LogP contribution is 2.19. The number of non-ortho nitro benzene ring substituents is 1. The number of hydrogen-bond acceptors (Lipinski definition) is 5. The molecule has 0 fully saturated rings. The van der Waals surface area contributed by atoms with Gasteiger partial charge >= 0.3 is 0 Å². The van der Waals surface area contributed by atoms with E-state index in [2.05, 4.69) is 31.6 Å². The first kappa shape index (κ1) is 16.8. The molecular weight excluding hydrogens is 390 g/mol. The first-order valence-electron chi connectivity index (χ1n) is 7.20. The Morgan fingerprint density at radius 2 is 1.96 bits per heavy atom. The smallest absolute Gasteiger partial charge is 0.278 e. The maximum absolute atomic E-state index is 12.4. The van der Waals surface area contributed by atoms with Crippen LogP contribution in [-0.2, 0) is 0 Å². The van der Waals surface area contributed by atoms with Gasteiger partial charge in [0.1, 0.15) is 0 Å². The van der Waals surface area contributed by atoms with Gasteiger partial charge in [0, 0.05) is 22.3 Å². The molecule has 0 saturated carbocycles. The number of carbonyl (C=O) groups is 1. The largest absolute Gasteiger partial charge is 0.321 e. The Morgan fingerprint density at radius 1 is 1.24 bits per heavy atom. The van der Waals surface area contributed by atoms with Gasteiger partial charge in [-0.05, 0) is 37.3 Å². The van der Waals surface area contributed by atoms with Crippen LogP contribution in [0.4, 0.5) is 11.4 Å². The van der Waals surface area contributed by atoms with E-state index in [-0.39, 0.29) is 11.4 Å². The summed E-state index contributed by atoms with van der Waals surface area (Å²) in [4.78, 5) is 22.8. The Morgan fingerprint density at radius 3 is 2.64 bits per heavy atom. The SMILES string of the molecule is Cc1c(C(=O)Nc2ccc(Br)cc2)nnn1-c1cccc([N+](=O)[O-])c1. The summed E-state index contributed by atoms with van der Waals surface area (Å²) < 4.78 is 2.29. The molecule has 0 radical (unpaired) electrons. The topological polar surface area (TPSA) is 103 Å². The number of nitrogens with zero attached hydrogens (tertiary/aromatic N) is 4. The maximum atomic E-state index is 12.4. The van der Waals surface area contributed by atoms with Crippen molar-refractivity contribution < 1.29 is 9.72 Å². The molecule has 25 heavy (non-hydrogen) atoms. The summed E-state index contributed by atoms with van der Waals surface area (Å²) in [5.74, 6) is -0.406. The van der Waals surface area contributed by atoms with Gasteiger partial charge in [0.2, 0.25) is 0 Å². The first-order valence-corrected chi connectivity index (χ1v) is 7.99. The van der Waals surface area contributed by atoms with Gasteiger partial charge in [-0.2, -0.15) is 0 Å². The maximum Gasteiger partial charge on any atom is 0.278 e. The second-order valence-corrected chi connectivity index (χ2v) is 6.09. The Hall–Kier alpha value is -3.07. The van der Waals surface area contributed by atoms with Gasteiger partial charge in [-0.15, -0.1) is 5.10 Å². The van der Waals surface area contributed by atoms with E-state index < -0.39 is 10.8 Å². The lowest BCUT2D eigenvalue weighted by atomic mass is 10.2. The van der Waals surface area contributed by atoms with E-state index in [1.165, 1.54) is 16.8 Å². The van der Waals surface area contributed by atoms with Crippen molar-refractivity contribution in [2.75, 3.05) is 5.32 Å². The van der Waals surface area contributed by atoms with E-state index in [4.69, 9.17) is 0 Å². The van der Waals surface area contributed by atoms with Gasteiger partial charge in [0.05, 0.1) is 16.3 Å². The molecule has 126 valence electrons. The standard InChI is InChI=1S/C16H12BrN5O3/c1-10-15(16(23)18-12-7-5-11(17)6-8-12)19-20-21(10)13-3-2-4-14(9-13)22(24)25/h2-9H,1H3,(H,18,23). The molecule has 0 spiro atoms. The number of aromatic nitrogens is 3. The molecule has 3 aromatic rings. The van der Waals surface area contributed by atoms with Crippen molar-refractivity contribution in [1.29, 1.82) is 0 Å². The summed E-state index contributed by atoms with van der Waals surface area (Å²) in [6.07, 6.45) is 0. The van der Waals surface area contributed by atoms with E-state index in [0.29, 0.717) is 17.1 Å². The average Bonchev–Trinajstić information content (AvgIpc) is 2.98. The monoisotopic (exact) mass is 401 g/mol. The summed E-state index contributed by atoms with van der Waals surface area (Å²) >= 11 is 3.33. The second-order valence-electron chi connectivity index (χ2n) is 5.17. The quantitative estimate of drug-likeness (QED) is 0.532. The number of rotatable bonds is 4. The van der Waals surface area contributed by atoms with Gasteiger partial charge in [0.25, 0.3) is 11.6 Å². The Labute approximate surface area is 150 Å². The minimum absolute atomic E-state index is 0.0618. The molecule has 3 rings (SSSR count). The summed E-state index contributed by atoms with van der Waals surface area (Å²) in [5.41, 5.74) is 1.65. The average molecular weight is 402 g/mol. The van der Waals surface area contributed by atoms with E-state index in [9.17, 15) is 14.9 Å². The molecule has 1 heterocycles. The lowest BCUT2D eigenvalue weighted by Gasteiger charge is -2.05. The molecule has 0 aliphatic carbocycles. The van der Waals surface area contributed by atoms with Gasteiger partial charge in [-0.3, -0.25) is 14.9 Å². The molecule has 0 bridgehead atoms. The number of benzene rings is 2.